The SMILES string of the molecule is O=C(O)Cc1cccc(-c2ncccc2Cl)c1. The molecule has 0 fully saturated rings. The van der Waals surface area contributed by atoms with Crippen molar-refractivity contribution in [2.24, 2.45) is 0 Å². The number of carbonyl (C=O) groups is 1. The van der Waals surface area contributed by atoms with E-state index in [-0.39, 0.29) is 6.42 Å². The highest BCUT2D eigenvalue weighted by atomic mass is 35.5. The molecule has 0 unspecified atom stereocenters. The second-order valence-electron chi connectivity index (χ2n) is 3.60. The van der Waals surface area contributed by atoms with Gasteiger partial charge in [-0.1, -0.05) is 29.8 Å². The summed E-state index contributed by atoms with van der Waals surface area (Å²) in [5.74, 6) is -0.853. The number of carboxylic acid groups (broad SMARTS) is 1. The van der Waals surface area contributed by atoms with E-state index >= 15 is 0 Å². The minimum absolute atomic E-state index is 0.00169. The monoisotopic (exact) mass is 247 g/mol. The Morgan fingerprint density at radius 1 is 1.29 bits per heavy atom. The average molecular weight is 248 g/mol. The van der Waals surface area contributed by atoms with Gasteiger partial charge in [0.2, 0.25) is 0 Å². The van der Waals surface area contributed by atoms with Gasteiger partial charge in [-0.25, -0.2) is 0 Å². The molecule has 17 heavy (non-hydrogen) atoms. The fourth-order valence-electron chi connectivity index (χ4n) is 1.60. The molecule has 3 nitrogen and oxygen atoms in total. The molecule has 0 radical (unpaired) electrons. The molecule has 0 spiro atoms. The number of carboxylic acids is 1. The van der Waals surface area contributed by atoms with Gasteiger partial charge in [0.05, 0.1) is 17.1 Å². The normalized spacial score (nSPS) is 10.2. The lowest BCUT2D eigenvalue weighted by Gasteiger charge is -2.04. The topological polar surface area (TPSA) is 50.2 Å². The van der Waals surface area contributed by atoms with Gasteiger partial charge in [-0.3, -0.25) is 9.78 Å². The van der Waals surface area contributed by atoms with Gasteiger partial charge >= 0.3 is 5.97 Å². The predicted molar refractivity (Wildman–Crippen MR) is 66.0 cm³/mol. The fraction of sp³-hybridized carbons (Fsp3) is 0.0769. The molecule has 0 aliphatic carbocycles. The zero-order valence-corrected chi connectivity index (χ0v) is 9.69. The van der Waals surface area contributed by atoms with Gasteiger partial charge in [0.1, 0.15) is 0 Å². The number of hydrogen-bond donors (Lipinski definition) is 1. The van der Waals surface area contributed by atoms with Gasteiger partial charge in [0.15, 0.2) is 0 Å². The number of hydrogen-bond acceptors (Lipinski definition) is 2. The Kier molecular flexibility index (Phi) is 3.40. The van der Waals surface area contributed by atoms with Crippen LogP contribution < -0.4 is 0 Å². The quantitative estimate of drug-likeness (QED) is 0.907. The number of rotatable bonds is 3. The van der Waals surface area contributed by atoms with Crippen LogP contribution in [0.3, 0.4) is 0 Å². The van der Waals surface area contributed by atoms with Crippen molar-refractivity contribution in [2.45, 2.75) is 6.42 Å². The first-order valence-corrected chi connectivity index (χ1v) is 5.46. The van der Waals surface area contributed by atoms with Crippen LogP contribution in [0.5, 0.6) is 0 Å². The van der Waals surface area contributed by atoms with E-state index < -0.39 is 5.97 Å². The van der Waals surface area contributed by atoms with E-state index in [0.29, 0.717) is 10.7 Å². The van der Waals surface area contributed by atoms with E-state index in [1.165, 1.54) is 0 Å². The molecular weight excluding hydrogens is 238 g/mol. The van der Waals surface area contributed by atoms with Crippen molar-refractivity contribution in [1.82, 2.24) is 4.98 Å². The van der Waals surface area contributed by atoms with Crippen molar-refractivity contribution >= 4 is 17.6 Å². The molecular formula is C13H10ClNO2. The van der Waals surface area contributed by atoms with Crippen LogP contribution in [-0.2, 0) is 11.2 Å². The van der Waals surface area contributed by atoms with Crippen LogP contribution in [0.1, 0.15) is 5.56 Å². The number of pyridine rings is 1. The molecule has 2 rings (SSSR count). The highest BCUT2D eigenvalue weighted by Crippen LogP contribution is 2.25. The smallest absolute Gasteiger partial charge is 0.307 e. The van der Waals surface area contributed by atoms with Gasteiger partial charge in [-0.05, 0) is 23.8 Å². The first kappa shape index (κ1) is 11.6. The molecule has 1 N–H and O–H groups in total. The Morgan fingerprint density at radius 3 is 2.82 bits per heavy atom. The Morgan fingerprint density at radius 2 is 2.12 bits per heavy atom. The molecule has 1 aromatic heterocycles. The van der Waals surface area contributed by atoms with Gasteiger partial charge in [-0.2, -0.15) is 0 Å². The van der Waals surface area contributed by atoms with Crippen LogP contribution in [0.4, 0.5) is 0 Å². The van der Waals surface area contributed by atoms with Crippen molar-refractivity contribution in [3.05, 3.63) is 53.2 Å². The zero-order chi connectivity index (χ0) is 12.3. The largest absolute Gasteiger partial charge is 0.481 e. The number of aromatic nitrogens is 1. The number of aliphatic carboxylic acids is 1. The summed E-state index contributed by atoms with van der Waals surface area (Å²) >= 11 is 6.04. The van der Waals surface area contributed by atoms with Gasteiger partial charge in [-0.15, -0.1) is 0 Å². The third-order valence-corrected chi connectivity index (χ3v) is 2.62. The molecule has 0 amide bonds. The first-order chi connectivity index (χ1) is 8.16. The molecule has 86 valence electrons. The fourth-order valence-corrected chi connectivity index (χ4v) is 1.83. The van der Waals surface area contributed by atoms with Gasteiger partial charge in [0, 0.05) is 11.8 Å². The standard InChI is InChI=1S/C13H10ClNO2/c14-11-5-2-6-15-13(11)10-4-1-3-9(7-10)8-12(16)17/h1-7H,8H2,(H,16,17). The molecule has 2 aromatic rings. The highest BCUT2D eigenvalue weighted by molar-refractivity contribution is 6.33. The van der Waals surface area contributed by atoms with E-state index in [9.17, 15) is 4.79 Å². The summed E-state index contributed by atoms with van der Waals surface area (Å²) in [7, 11) is 0. The summed E-state index contributed by atoms with van der Waals surface area (Å²) < 4.78 is 0. The van der Waals surface area contributed by atoms with Crippen LogP contribution in [0.2, 0.25) is 5.02 Å². The number of nitrogens with zero attached hydrogens (tertiary/aromatic N) is 1. The molecule has 0 saturated carbocycles. The third-order valence-electron chi connectivity index (χ3n) is 2.31. The summed E-state index contributed by atoms with van der Waals surface area (Å²) in [4.78, 5) is 14.8. The van der Waals surface area contributed by atoms with E-state index in [1.807, 2.05) is 6.07 Å². The maximum Gasteiger partial charge on any atom is 0.307 e. The van der Waals surface area contributed by atoms with Crippen molar-refractivity contribution in [3.8, 4) is 11.3 Å². The van der Waals surface area contributed by atoms with Crippen LogP contribution in [0.15, 0.2) is 42.6 Å². The molecule has 0 atom stereocenters. The Hall–Kier alpha value is -1.87. The van der Waals surface area contributed by atoms with Gasteiger partial charge < -0.3 is 5.11 Å². The second kappa shape index (κ2) is 4.97. The summed E-state index contributed by atoms with van der Waals surface area (Å²) in [5, 5.41) is 9.30. The molecule has 1 aromatic carbocycles. The lowest BCUT2D eigenvalue weighted by molar-refractivity contribution is -0.136. The van der Waals surface area contributed by atoms with E-state index in [4.69, 9.17) is 16.7 Å². The Balaban J connectivity index is 2.40. The van der Waals surface area contributed by atoms with Crippen LogP contribution in [0.25, 0.3) is 11.3 Å². The second-order valence-corrected chi connectivity index (χ2v) is 4.01. The lowest BCUT2D eigenvalue weighted by Crippen LogP contribution is -2.00. The van der Waals surface area contributed by atoms with E-state index in [1.54, 1.807) is 36.5 Å². The minimum Gasteiger partial charge on any atom is -0.481 e. The van der Waals surface area contributed by atoms with Crippen molar-refractivity contribution in [2.75, 3.05) is 0 Å². The number of benzene rings is 1. The molecule has 0 aliphatic rings. The summed E-state index contributed by atoms with van der Waals surface area (Å²) in [5.41, 5.74) is 2.23. The maximum atomic E-state index is 10.6. The number of halogens is 1. The van der Waals surface area contributed by atoms with E-state index in [0.717, 1.165) is 11.1 Å². The third kappa shape index (κ3) is 2.82. The molecule has 0 bridgehead atoms. The van der Waals surface area contributed by atoms with Crippen LogP contribution in [-0.4, -0.2) is 16.1 Å². The van der Waals surface area contributed by atoms with Crippen LogP contribution in [0, 0.1) is 0 Å². The van der Waals surface area contributed by atoms with Crippen LogP contribution >= 0.6 is 11.6 Å². The summed E-state index contributed by atoms with van der Waals surface area (Å²) in [6, 6.07) is 10.7. The molecule has 4 heteroatoms. The van der Waals surface area contributed by atoms with Crippen molar-refractivity contribution in [3.63, 3.8) is 0 Å². The first-order valence-electron chi connectivity index (χ1n) is 5.08. The van der Waals surface area contributed by atoms with Crippen molar-refractivity contribution < 1.29 is 9.90 Å². The molecule has 1 heterocycles. The highest BCUT2D eigenvalue weighted by Gasteiger charge is 2.06. The molecule has 0 saturated heterocycles. The maximum absolute atomic E-state index is 10.6. The average Bonchev–Trinajstić information content (AvgIpc) is 2.29. The zero-order valence-electron chi connectivity index (χ0n) is 8.93. The summed E-state index contributed by atoms with van der Waals surface area (Å²) in [6.45, 7) is 0. The predicted octanol–water partition coefficient (Wildman–Crippen LogP) is 3.03. The van der Waals surface area contributed by atoms with Crippen molar-refractivity contribution in [1.29, 1.82) is 0 Å². The lowest BCUT2D eigenvalue weighted by atomic mass is 10.1. The minimum atomic E-state index is -0.853. The molecule has 0 aliphatic heterocycles. The van der Waals surface area contributed by atoms with Gasteiger partial charge in [0.25, 0.3) is 0 Å². The Bertz CT molecular complexity index is 555. The summed E-state index contributed by atoms with van der Waals surface area (Å²) in [6.07, 6.45) is 1.66. The Labute approximate surface area is 104 Å². The van der Waals surface area contributed by atoms with E-state index in [2.05, 4.69) is 4.98 Å².